The smallest absolute Gasteiger partial charge is 0.173 e. The first kappa shape index (κ1) is 81.7. The summed E-state index contributed by atoms with van der Waals surface area (Å²) in [6, 6.07) is 59.4. The van der Waals surface area contributed by atoms with Gasteiger partial charge in [-0.05, 0) is 69.4 Å². The molecule has 0 spiro atoms. The Balaban J connectivity index is 0.000000238. The molecule has 17 aliphatic rings. The van der Waals surface area contributed by atoms with Crippen molar-refractivity contribution in [2.24, 2.45) is 0 Å². The van der Waals surface area contributed by atoms with Gasteiger partial charge in [-0.1, -0.05) is 84.9 Å². The fourth-order valence-electron chi connectivity index (χ4n) is 10.2. The third kappa shape index (κ3) is 32.4. The van der Waals surface area contributed by atoms with E-state index in [-0.39, 0.29) is 34.0 Å². The van der Waals surface area contributed by atoms with Gasteiger partial charge in [-0.2, -0.15) is 0 Å². The number of pyridine rings is 4. The number of ether oxygens (including phenoxy) is 10. The molecular weight excluding hydrogens is 1530 g/mol. The molecule has 30 heteroatoms. The zero-order valence-corrected chi connectivity index (χ0v) is 59.9. The number of hydrogen-bond acceptors (Lipinski definition) is 10. The number of aromatic nitrogens is 4. The summed E-state index contributed by atoms with van der Waals surface area (Å²) in [6.07, 6.45) is 17.4. The van der Waals surface area contributed by atoms with Crippen LogP contribution in [-0.4, -0.2) is 106 Å². The average Bonchev–Trinajstić information content (AvgIpc) is 0.794. The number of nitrogens with zero attached hydrogens (tertiary/aromatic N) is 4. The minimum Gasteiger partial charge on any atom is -1.00 e. The third-order valence-corrected chi connectivity index (χ3v) is 14.8. The largest absolute Gasteiger partial charge is 1.00 e. The fourth-order valence-corrected chi connectivity index (χ4v) is 10.2. The van der Waals surface area contributed by atoms with Gasteiger partial charge in [0.15, 0.2) is 75.8 Å². The normalized spacial score (nSPS) is 16.3. The summed E-state index contributed by atoms with van der Waals surface area (Å²) in [7, 11) is -21.3. The molecule has 6 aromatic carbocycles. The Morgan fingerprint density at radius 3 is 0.716 bits per heavy atom. The van der Waals surface area contributed by atoms with Gasteiger partial charge in [-0.25, -0.2) is 18.3 Å². The average molecular weight is 1610 g/mol. The molecule has 0 saturated heterocycles. The number of hydrogen-bond donors (Lipinski definition) is 0. The van der Waals surface area contributed by atoms with Crippen molar-refractivity contribution in [2.75, 3.05) is 106 Å². The van der Waals surface area contributed by atoms with Crippen molar-refractivity contribution in [3.8, 4) is 45.3 Å². The molecule has 21 heterocycles. The Labute approximate surface area is 602 Å². The summed E-state index contributed by atoms with van der Waals surface area (Å²) in [5.41, 5.74) is 10.1. The summed E-state index contributed by atoms with van der Waals surface area (Å²) >= 11 is 0. The van der Waals surface area contributed by atoms with Crippen molar-refractivity contribution >= 4 is 37.2 Å². The molecule has 102 heavy (non-hydrogen) atoms. The van der Waals surface area contributed by atoms with Crippen LogP contribution in [0.2, 0.25) is 0 Å². The zero-order valence-electron chi connectivity index (χ0n) is 55.0. The van der Waals surface area contributed by atoms with Crippen LogP contribution in [0.1, 0.15) is 22.3 Å². The van der Waals surface area contributed by atoms with E-state index in [0.717, 1.165) is 70.7 Å². The van der Waals surface area contributed by atoms with Crippen LogP contribution < -0.4 is 71.2 Å². The number of fused-ring (bicyclic) bond motifs is 2. The Morgan fingerprint density at radius 2 is 0.471 bits per heavy atom. The van der Waals surface area contributed by atoms with Gasteiger partial charge in [0.05, 0.1) is 79.3 Å². The third-order valence-electron chi connectivity index (χ3n) is 14.8. The van der Waals surface area contributed by atoms with E-state index in [2.05, 4.69) is 165 Å². The second-order valence-corrected chi connectivity index (χ2v) is 26.8. The maximum atomic E-state index is 9.87. The molecule has 0 radical (unpaired) electrons. The molecule has 17 aliphatic heterocycles. The van der Waals surface area contributed by atoms with Gasteiger partial charge in [0.25, 0.3) is 0 Å². The van der Waals surface area contributed by atoms with Crippen molar-refractivity contribution < 1.29 is 150 Å². The van der Waals surface area contributed by atoms with Crippen LogP contribution in [0.5, 0.6) is 23.0 Å². The van der Waals surface area contributed by atoms with Crippen molar-refractivity contribution in [2.45, 2.75) is 26.2 Å². The SMILES string of the molecule is F[P-](F)(F)(F)(F)F.F[P-](F)(F)(F)(F)F.[Br-].[Br-].c1cc2c3cccc(c3c1)OCCOCCOCCOCCOc1ccc3ccc(cc3c1)OCCOCCOCCOCCO2.c1cc2ccc1C[n+]1ccc(cc1)-c1cc[n+](cc1)Cc1ccc(cc1)C[n+]1ccc(cc1)-c1cc[n+](cc1)C2. The predicted octanol–water partition coefficient (Wildman–Crippen LogP) is 10.8. The van der Waals surface area contributed by atoms with Crippen LogP contribution >= 0.6 is 15.6 Å². The number of benzene rings is 6. The topological polar surface area (TPSA) is 108 Å². The molecule has 10 aromatic rings. The maximum Gasteiger partial charge on any atom is 0.173 e. The second-order valence-electron chi connectivity index (χ2n) is 22.9. The van der Waals surface area contributed by atoms with Crippen molar-refractivity contribution in [3.05, 3.63) is 242 Å². The molecule has 0 aliphatic carbocycles. The molecule has 0 fully saturated rings. The minimum atomic E-state index is -10.7. The Morgan fingerprint density at radius 1 is 0.245 bits per heavy atom. The van der Waals surface area contributed by atoms with E-state index >= 15 is 0 Å². The molecule has 0 unspecified atom stereocenters. The van der Waals surface area contributed by atoms with Gasteiger partial charge >= 0.3 is 66.0 Å². The summed E-state index contributed by atoms with van der Waals surface area (Å²) in [5, 5.41) is 4.13. The van der Waals surface area contributed by atoms with Crippen LogP contribution in [0.4, 0.5) is 50.4 Å². The molecule has 0 saturated carbocycles. The molecule has 0 atom stereocenters. The fraction of sp³-hybridized carbons (Fsp3) is 0.278. The van der Waals surface area contributed by atoms with E-state index in [1.165, 1.54) is 44.5 Å². The zero-order chi connectivity index (χ0) is 71.0. The van der Waals surface area contributed by atoms with E-state index in [9.17, 15) is 50.4 Å². The molecule has 0 N–H and O–H groups in total. The van der Waals surface area contributed by atoms with Crippen molar-refractivity contribution in [3.63, 3.8) is 0 Å². The monoisotopic (exact) mass is 1600 g/mol. The van der Waals surface area contributed by atoms with Gasteiger partial charge in [0.1, 0.15) is 49.4 Å². The molecule has 19 bridgehead atoms. The van der Waals surface area contributed by atoms with Crippen molar-refractivity contribution in [1.82, 2.24) is 0 Å². The second kappa shape index (κ2) is 36.2. The molecule has 27 rings (SSSR count). The van der Waals surface area contributed by atoms with Crippen LogP contribution in [-0.2, 0) is 54.6 Å². The van der Waals surface area contributed by atoms with Gasteiger partial charge in [0.2, 0.25) is 0 Å². The summed E-state index contributed by atoms with van der Waals surface area (Å²) in [5.74, 6) is 3.14. The summed E-state index contributed by atoms with van der Waals surface area (Å²) < 4.78 is 185. The first-order valence-electron chi connectivity index (χ1n) is 31.8. The molecule has 552 valence electrons. The number of halogens is 14. The minimum absolute atomic E-state index is 0. The Hall–Kier alpha value is -7.62. The first-order valence-corrected chi connectivity index (χ1v) is 35.8. The quantitative estimate of drug-likeness (QED) is 0.0827. The Bertz CT molecular complexity index is 3790. The van der Waals surface area contributed by atoms with Crippen LogP contribution in [0.3, 0.4) is 0 Å². The van der Waals surface area contributed by atoms with E-state index in [0.29, 0.717) is 106 Å². The predicted molar refractivity (Wildman–Crippen MR) is 356 cm³/mol. The summed E-state index contributed by atoms with van der Waals surface area (Å²) in [4.78, 5) is 0. The van der Waals surface area contributed by atoms with Crippen molar-refractivity contribution in [1.29, 1.82) is 0 Å². The first-order chi connectivity index (χ1) is 47.5. The van der Waals surface area contributed by atoms with E-state index in [4.69, 9.17) is 47.4 Å². The van der Waals surface area contributed by atoms with Gasteiger partial charge in [0, 0.05) is 81.6 Å². The molecular formula is C72H76Br2F12N4O10P2. The molecule has 0 amide bonds. The van der Waals surface area contributed by atoms with Gasteiger partial charge in [-0.3, -0.25) is 0 Å². The van der Waals surface area contributed by atoms with Crippen LogP contribution in [0.25, 0.3) is 43.8 Å². The van der Waals surface area contributed by atoms with Crippen LogP contribution in [0, 0.1) is 0 Å². The van der Waals surface area contributed by atoms with Crippen LogP contribution in [0.15, 0.2) is 219 Å². The molecule has 4 aromatic heterocycles. The van der Waals surface area contributed by atoms with E-state index < -0.39 is 15.6 Å². The van der Waals surface area contributed by atoms with Gasteiger partial charge in [-0.15, -0.1) is 0 Å². The van der Waals surface area contributed by atoms with E-state index in [1.807, 2.05) is 72.8 Å². The maximum absolute atomic E-state index is 10.7. The van der Waals surface area contributed by atoms with Gasteiger partial charge < -0.3 is 81.3 Å². The standard InChI is InChI=1S/C36H32N4.C36H44O10.2BrH.2F6P/c1-2-30-4-3-29(1)25-37-17-9-33(10-18-37)35-13-21-39(22-14-35)27-31-5-7-32(8-6-31)28-40-23-15-36(16-24-40)34-11-19-38(26-30)20-12-34;1-3-33-34-4-2-6-36(33)46-26-22-42-18-14-38-12-16-40-20-24-44-32-10-8-29-7-9-31(27-30(29)28-32)43-23-19-39-15-11-37-13-17-41-21-25-45-35(34)5-1;;;2*1-7(2,3,4,5)6/h1-24H,25-28H2;1-10,27-28H,11-26H2;2*1H;;/q+4;;;;2*-1/p-2. The molecule has 14 nitrogen and oxygen atoms in total. The number of rotatable bonds is 0. The van der Waals surface area contributed by atoms with E-state index in [1.54, 1.807) is 0 Å². The Kier molecular flexibility index (Phi) is 29.0. The summed E-state index contributed by atoms with van der Waals surface area (Å²) in [6.45, 7) is 10.9.